The van der Waals surface area contributed by atoms with Gasteiger partial charge in [-0.1, -0.05) is 36.7 Å². The molecule has 0 saturated carbocycles. The highest BCUT2D eigenvalue weighted by Crippen LogP contribution is 2.19. The molecule has 0 saturated heterocycles. The fourth-order valence-electron chi connectivity index (χ4n) is 1.87. The Morgan fingerprint density at radius 3 is 2.44 bits per heavy atom. The van der Waals surface area contributed by atoms with Gasteiger partial charge in [0.1, 0.15) is 0 Å². The molecule has 0 fully saturated rings. The van der Waals surface area contributed by atoms with Crippen LogP contribution in [0.4, 0.5) is 0 Å². The maximum absolute atomic E-state index is 11.6. The summed E-state index contributed by atoms with van der Waals surface area (Å²) >= 11 is 6.11. The van der Waals surface area contributed by atoms with Gasteiger partial charge in [0.15, 0.2) is 9.84 Å². The molecule has 0 aliphatic carbocycles. The average Bonchev–Trinajstić information content (AvgIpc) is 2.29. The van der Waals surface area contributed by atoms with E-state index in [1.165, 1.54) is 6.26 Å². The van der Waals surface area contributed by atoms with E-state index in [0.29, 0.717) is 11.4 Å². The number of nitrogens with one attached hydrogen (secondary N) is 1. The van der Waals surface area contributed by atoms with E-state index < -0.39 is 15.1 Å². The molecule has 0 aliphatic heterocycles. The Hall–Kier alpha value is -0.580. The zero-order valence-corrected chi connectivity index (χ0v) is 12.6. The van der Waals surface area contributed by atoms with Crippen LogP contribution >= 0.6 is 11.6 Å². The van der Waals surface area contributed by atoms with Crippen LogP contribution in [-0.2, 0) is 16.3 Å². The predicted octanol–water partition coefficient (Wildman–Crippen LogP) is 2.29. The Bertz CT molecular complexity index is 488. The molecule has 3 nitrogen and oxygen atoms in total. The van der Waals surface area contributed by atoms with Gasteiger partial charge in [-0.15, -0.1) is 0 Å². The van der Waals surface area contributed by atoms with Crippen molar-refractivity contribution in [1.82, 2.24) is 5.32 Å². The molecule has 2 unspecified atom stereocenters. The van der Waals surface area contributed by atoms with Gasteiger partial charge < -0.3 is 5.32 Å². The SMILES string of the molecule is CCNC(Cc1ccccc1Cl)C(C)S(C)(=O)=O. The second-order valence-electron chi connectivity index (χ2n) is 4.49. The van der Waals surface area contributed by atoms with Gasteiger partial charge in [0.25, 0.3) is 0 Å². The summed E-state index contributed by atoms with van der Waals surface area (Å²) in [4.78, 5) is 0. The number of benzene rings is 1. The molecule has 102 valence electrons. The molecule has 0 heterocycles. The molecule has 5 heteroatoms. The van der Waals surface area contributed by atoms with Gasteiger partial charge in [0, 0.05) is 17.3 Å². The zero-order chi connectivity index (χ0) is 13.8. The average molecular weight is 290 g/mol. The van der Waals surface area contributed by atoms with Crippen LogP contribution in [0.3, 0.4) is 0 Å². The van der Waals surface area contributed by atoms with Crippen molar-refractivity contribution in [3.63, 3.8) is 0 Å². The monoisotopic (exact) mass is 289 g/mol. The summed E-state index contributed by atoms with van der Waals surface area (Å²) in [6.45, 7) is 4.43. The number of halogens is 1. The van der Waals surface area contributed by atoms with Crippen LogP contribution in [0, 0.1) is 0 Å². The van der Waals surface area contributed by atoms with Crippen LogP contribution in [0.25, 0.3) is 0 Å². The third kappa shape index (κ3) is 4.26. The zero-order valence-electron chi connectivity index (χ0n) is 11.0. The fraction of sp³-hybridized carbons (Fsp3) is 0.538. The van der Waals surface area contributed by atoms with Crippen molar-refractivity contribution in [2.45, 2.75) is 31.6 Å². The fourth-order valence-corrected chi connectivity index (χ4v) is 2.87. The molecular weight excluding hydrogens is 270 g/mol. The van der Waals surface area contributed by atoms with Crippen LogP contribution in [-0.4, -0.2) is 32.5 Å². The van der Waals surface area contributed by atoms with Gasteiger partial charge >= 0.3 is 0 Å². The molecule has 0 bridgehead atoms. The van der Waals surface area contributed by atoms with Crippen LogP contribution < -0.4 is 5.32 Å². The van der Waals surface area contributed by atoms with E-state index in [0.717, 1.165) is 12.1 Å². The molecule has 0 amide bonds. The molecule has 18 heavy (non-hydrogen) atoms. The van der Waals surface area contributed by atoms with E-state index in [-0.39, 0.29) is 6.04 Å². The number of rotatable bonds is 6. The Morgan fingerprint density at radius 1 is 1.33 bits per heavy atom. The molecule has 1 rings (SSSR count). The van der Waals surface area contributed by atoms with Crippen LogP contribution in [0.1, 0.15) is 19.4 Å². The molecule has 0 radical (unpaired) electrons. The van der Waals surface area contributed by atoms with E-state index in [4.69, 9.17) is 11.6 Å². The standard InChI is InChI=1S/C13H20ClNO2S/c1-4-15-13(10(2)18(3,16)17)9-11-7-5-6-8-12(11)14/h5-8,10,13,15H,4,9H2,1-3H3. The minimum absolute atomic E-state index is 0.120. The normalized spacial score (nSPS) is 15.3. The first-order valence-corrected chi connectivity index (χ1v) is 8.35. The van der Waals surface area contributed by atoms with E-state index in [2.05, 4.69) is 5.32 Å². The van der Waals surface area contributed by atoms with Crippen molar-refractivity contribution in [1.29, 1.82) is 0 Å². The lowest BCUT2D eigenvalue weighted by atomic mass is 10.0. The van der Waals surface area contributed by atoms with E-state index >= 15 is 0 Å². The van der Waals surface area contributed by atoms with Crippen molar-refractivity contribution in [3.8, 4) is 0 Å². The van der Waals surface area contributed by atoms with Crippen LogP contribution in [0.2, 0.25) is 5.02 Å². The van der Waals surface area contributed by atoms with E-state index in [1.807, 2.05) is 31.2 Å². The Labute approximate surface area is 114 Å². The van der Waals surface area contributed by atoms with Crippen LogP contribution in [0.5, 0.6) is 0 Å². The number of sulfone groups is 1. The summed E-state index contributed by atoms with van der Waals surface area (Å²) in [7, 11) is -3.06. The highest BCUT2D eigenvalue weighted by molar-refractivity contribution is 7.91. The van der Waals surface area contributed by atoms with Gasteiger partial charge in [-0.05, 0) is 31.5 Å². The Balaban J connectivity index is 2.91. The Kier molecular flexibility index (Phi) is 5.63. The van der Waals surface area contributed by atoms with E-state index in [1.54, 1.807) is 6.92 Å². The molecule has 1 aromatic rings. The lowest BCUT2D eigenvalue weighted by Gasteiger charge is -2.24. The highest BCUT2D eigenvalue weighted by Gasteiger charge is 2.25. The number of likely N-dealkylation sites (N-methyl/N-ethyl adjacent to an activating group) is 1. The number of hydrogen-bond donors (Lipinski definition) is 1. The molecule has 0 aliphatic rings. The van der Waals surface area contributed by atoms with Crippen molar-refractivity contribution in [2.24, 2.45) is 0 Å². The summed E-state index contributed by atoms with van der Waals surface area (Å²) in [5.74, 6) is 0. The summed E-state index contributed by atoms with van der Waals surface area (Å²) < 4.78 is 23.3. The molecule has 1 N–H and O–H groups in total. The van der Waals surface area contributed by atoms with Crippen molar-refractivity contribution >= 4 is 21.4 Å². The van der Waals surface area contributed by atoms with Crippen molar-refractivity contribution in [2.75, 3.05) is 12.8 Å². The lowest BCUT2D eigenvalue weighted by molar-refractivity contribution is 0.494. The summed E-state index contributed by atoms with van der Waals surface area (Å²) in [6.07, 6.45) is 1.89. The van der Waals surface area contributed by atoms with Crippen LogP contribution in [0.15, 0.2) is 24.3 Å². The van der Waals surface area contributed by atoms with E-state index in [9.17, 15) is 8.42 Å². The lowest BCUT2D eigenvalue weighted by Crippen LogP contribution is -2.43. The summed E-state index contributed by atoms with van der Waals surface area (Å²) in [5, 5.41) is 3.47. The molecule has 1 aromatic carbocycles. The number of hydrogen-bond acceptors (Lipinski definition) is 3. The summed E-state index contributed by atoms with van der Waals surface area (Å²) in [6, 6.07) is 7.42. The highest BCUT2D eigenvalue weighted by atomic mass is 35.5. The maximum Gasteiger partial charge on any atom is 0.151 e. The van der Waals surface area contributed by atoms with Crippen molar-refractivity contribution in [3.05, 3.63) is 34.9 Å². The van der Waals surface area contributed by atoms with Crippen molar-refractivity contribution < 1.29 is 8.42 Å². The Morgan fingerprint density at radius 2 is 1.94 bits per heavy atom. The summed E-state index contributed by atoms with van der Waals surface area (Å²) in [5.41, 5.74) is 0.973. The van der Waals surface area contributed by atoms with Gasteiger partial charge in [-0.3, -0.25) is 0 Å². The molecule has 0 aromatic heterocycles. The van der Waals surface area contributed by atoms with Gasteiger partial charge in [0.05, 0.1) is 5.25 Å². The second-order valence-corrected chi connectivity index (χ2v) is 7.30. The first kappa shape index (κ1) is 15.5. The topological polar surface area (TPSA) is 46.2 Å². The van der Waals surface area contributed by atoms with Gasteiger partial charge in [0.2, 0.25) is 0 Å². The minimum atomic E-state index is -3.06. The molecule has 0 spiro atoms. The maximum atomic E-state index is 11.6. The first-order valence-electron chi connectivity index (χ1n) is 6.02. The second kappa shape index (κ2) is 6.55. The largest absolute Gasteiger partial charge is 0.313 e. The smallest absolute Gasteiger partial charge is 0.151 e. The minimum Gasteiger partial charge on any atom is -0.313 e. The van der Waals surface area contributed by atoms with Gasteiger partial charge in [-0.2, -0.15) is 0 Å². The quantitative estimate of drug-likeness (QED) is 0.874. The predicted molar refractivity (Wildman–Crippen MR) is 76.9 cm³/mol. The molecular formula is C13H20ClNO2S. The third-order valence-electron chi connectivity index (χ3n) is 3.11. The van der Waals surface area contributed by atoms with Gasteiger partial charge in [-0.25, -0.2) is 8.42 Å². The first-order chi connectivity index (χ1) is 8.36. The third-order valence-corrected chi connectivity index (χ3v) is 5.15. The molecule has 2 atom stereocenters.